The molecule has 0 aliphatic carbocycles. The molecule has 2 aliphatic rings. The van der Waals surface area contributed by atoms with Gasteiger partial charge in [0, 0.05) is 32.7 Å². The van der Waals surface area contributed by atoms with Crippen molar-refractivity contribution in [1.82, 2.24) is 15.1 Å². The van der Waals surface area contributed by atoms with Gasteiger partial charge in [0.2, 0.25) is 5.91 Å². The summed E-state index contributed by atoms with van der Waals surface area (Å²) in [4.78, 5) is 27.7. The predicted molar refractivity (Wildman–Crippen MR) is 80.0 cm³/mol. The molecule has 120 valence electrons. The highest BCUT2D eigenvalue weighted by Crippen LogP contribution is 2.36. The van der Waals surface area contributed by atoms with Crippen LogP contribution in [0.5, 0.6) is 0 Å². The zero-order valence-corrected chi connectivity index (χ0v) is 13.1. The molecule has 0 spiro atoms. The second-order valence-electron chi connectivity index (χ2n) is 6.55. The quantitative estimate of drug-likeness (QED) is 0.778. The van der Waals surface area contributed by atoms with Crippen LogP contribution in [0.1, 0.15) is 26.7 Å². The van der Waals surface area contributed by atoms with Crippen molar-refractivity contribution in [3.8, 4) is 0 Å². The monoisotopic (exact) mass is 297 g/mol. The molecule has 2 fully saturated rings. The number of nitrogens with one attached hydrogen (secondary N) is 1. The Morgan fingerprint density at radius 3 is 2.57 bits per heavy atom. The van der Waals surface area contributed by atoms with Crippen LogP contribution in [0.4, 0.5) is 0 Å². The Bertz CT molecular complexity index is 392. The third kappa shape index (κ3) is 3.55. The van der Waals surface area contributed by atoms with Gasteiger partial charge in [0.05, 0.1) is 12.0 Å². The summed E-state index contributed by atoms with van der Waals surface area (Å²) < 4.78 is 0. The Balaban J connectivity index is 2.01. The van der Waals surface area contributed by atoms with Gasteiger partial charge >= 0.3 is 5.97 Å². The number of carbonyl (C=O) groups excluding carboxylic acids is 1. The van der Waals surface area contributed by atoms with E-state index in [1.54, 1.807) is 0 Å². The summed E-state index contributed by atoms with van der Waals surface area (Å²) >= 11 is 0. The van der Waals surface area contributed by atoms with Crippen LogP contribution in [0.3, 0.4) is 0 Å². The van der Waals surface area contributed by atoms with E-state index in [1.165, 1.54) is 0 Å². The van der Waals surface area contributed by atoms with Crippen LogP contribution in [-0.2, 0) is 9.59 Å². The van der Waals surface area contributed by atoms with Crippen LogP contribution in [0.15, 0.2) is 0 Å². The number of amides is 1. The molecule has 0 radical (unpaired) electrons. The van der Waals surface area contributed by atoms with Gasteiger partial charge in [-0.1, -0.05) is 13.8 Å². The number of carbonyl (C=O) groups is 2. The minimum Gasteiger partial charge on any atom is -0.480 e. The number of rotatable bonds is 4. The summed E-state index contributed by atoms with van der Waals surface area (Å²) in [6.07, 6.45) is 1.75. The van der Waals surface area contributed by atoms with Crippen LogP contribution in [0, 0.1) is 11.3 Å². The molecule has 2 N–H and O–H groups in total. The van der Waals surface area contributed by atoms with Gasteiger partial charge in [-0.15, -0.1) is 0 Å². The summed E-state index contributed by atoms with van der Waals surface area (Å²) in [5.41, 5.74) is -0.276. The second kappa shape index (κ2) is 6.75. The van der Waals surface area contributed by atoms with Crippen LogP contribution >= 0.6 is 0 Å². The molecule has 0 saturated carbocycles. The molecule has 6 heteroatoms. The molecule has 1 atom stereocenters. The third-order valence-electron chi connectivity index (χ3n) is 4.95. The lowest BCUT2D eigenvalue weighted by Crippen LogP contribution is -2.49. The molecule has 2 heterocycles. The first kappa shape index (κ1) is 16.2. The SMILES string of the molecule is CC(C)C1(C(=O)N2CCCN(CC(=O)O)CC2)CCNC1. The average Bonchev–Trinajstić information content (AvgIpc) is 2.81. The van der Waals surface area contributed by atoms with Crippen LogP contribution < -0.4 is 5.32 Å². The molecule has 1 unspecified atom stereocenters. The molecule has 2 saturated heterocycles. The first-order chi connectivity index (χ1) is 9.95. The smallest absolute Gasteiger partial charge is 0.317 e. The summed E-state index contributed by atoms with van der Waals surface area (Å²) in [7, 11) is 0. The van der Waals surface area contributed by atoms with Gasteiger partial charge in [0.25, 0.3) is 0 Å². The molecule has 0 aromatic rings. The van der Waals surface area contributed by atoms with E-state index in [0.29, 0.717) is 19.0 Å². The lowest BCUT2D eigenvalue weighted by molar-refractivity contribution is -0.143. The van der Waals surface area contributed by atoms with Gasteiger partial charge < -0.3 is 15.3 Å². The molecule has 2 rings (SSSR count). The van der Waals surface area contributed by atoms with Crippen molar-refractivity contribution in [2.24, 2.45) is 11.3 Å². The summed E-state index contributed by atoms with van der Waals surface area (Å²) in [6.45, 7) is 8.77. The first-order valence-corrected chi connectivity index (χ1v) is 7.90. The summed E-state index contributed by atoms with van der Waals surface area (Å²) in [5, 5.41) is 12.2. The standard InChI is InChI=1S/C15H27N3O3/c1-12(2)15(4-5-16-11-15)14(21)18-7-3-6-17(8-9-18)10-13(19)20/h12,16H,3-11H2,1-2H3,(H,19,20). The maximum atomic E-state index is 13.0. The van der Waals surface area contributed by atoms with Crippen molar-refractivity contribution >= 4 is 11.9 Å². The van der Waals surface area contributed by atoms with E-state index in [0.717, 1.165) is 39.0 Å². The number of nitrogens with zero attached hydrogens (tertiary/aromatic N) is 2. The number of carboxylic acids is 1. The van der Waals surface area contributed by atoms with Gasteiger partial charge in [0.1, 0.15) is 0 Å². The fraction of sp³-hybridized carbons (Fsp3) is 0.867. The average molecular weight is 297 g/mol. The maximum Gasteiger partial charge on any atom is 0.317 e. The van der Waals surface area contributed by atoms with Gasteiger partial charge in [0.15, 0.2) is 0 Å². The molecule has 0 aromatic heterocycles. The van der Waals surface area contributed by atoms with E-state index >= 15 is 0 Å². The number of carboxylic acid groups (broad SMARTS) is 1. The highest BCUT2D eigenvalue weighted by Gasteiger charge is 2.46. The minimum absolute atomic E-state index is 0.0684. The largest absolute Gasteiger partial charge is 0.480 e. The third-order valence-corrected chi connectivity index (χ3v) is 4.95. The molecule has 21 heavy (non-hydrogen) atoms. The lowest BCUT2D eigenvalue weighted by atomic mass is 9.75. The van der Waals surface area contributed by atoms with E-state index in [4.69, 9.17) is 5.11 Å². The second-order valence-corrected chi connectivity index (χ2v) is 6.55. The van der Waals surface area contributed by atoms with Crippen LogP contribution in [0.25, 0.3) is 0 Å². The molecule has 0 bridgehead atoms. The Morgan fingerprint density at radius 1 is 1.24 bits per heavy atom. The van der Waals surface area contributed by atoms with Crippen molar-refractivity contribution < 1.29 is 14.7 Å². The zero-order valence-electron chi connectivity index (χ0n) is 13.1. The van der Waals surface area contributed by atoms with Crippen LogP contribution in [0.2, 0.25) is 0 Å². The van der Waals surface area contributed by atoms with Crippen molar-refractivity contribution in [2.45, 2.75) is 26.7 Å². The van der Waals surface area contributed by atoms with Crippen molar-refractivity contribution in [3.63, 3.8) is 0 Å². The maximum absolute atomic E-state index is 13.0. The zero-order chi connectivity index (χ0) is 15.5. The number of hydrogen-bond acceptors (Lipinski definition) is 4. The molecule has 0 aromatic carbocycles. The lowest BCUT2D eigenvalue weighted by Gasteiger charge is -2.36. The normalized spacial score (nSPS) is 27.9. The predicted octanol–water partition coefficient (Wildman–Crippen LogP) is 0.241. The Morgan fingerprint density at radius 2 is 2.00 bits per heavy atom. The fourth-order valence-electron chi connectivity index (χ4n) is 3.47. The van der Waals surface area contributed by atoms with Gasteiger partial charge in [-0.3, -0.25) is 14.5 Å². The minimum atomic E-state index is -0.798. The molecule has 6 nitrogen and oxygen atoms in total. The van der Waals surface area contributed by atoms with E-state index in [2.05, 4.69) is 19.2 Å². The van der Waals surface area contributed by atoms with Crippen molar-refractivity contribution in [1.29, 1.82) is 0 Å². The molecule has 2 aliphatic heterocycles. The highest BCUT2D eigenvalue weighted by molar-refractivity contribution is 5.83. The molecular formula is C15H27N3O3. The summed E-state index contributed by atoms with van der Waals surface area (Å²) in [6, 6.07) is 0. The number of hydrogen-bond donors (Lipinski definition) is 2. The van der Waals surface area contributed by atoms with Gasteiger partial charge in [-0.05, 0) is 25.3 Å². The highest BCUT2D eigenvalue weighted by atomic mass is 16.4. The van der Waals surface area contributed by atoms with E-state index in [9.17, 15) is 9.59 Å². The van der Waals surface area contributed by atoms with E-state index in [-0.39, 0.29) is 17.9 Å². The van der Waals surface area contributed by atoms with E-state index < -0.39 is 5.97 Å². The number of aliphatic carboxylic acids is 1. The fourth-order valence-corrected chi connectivity index (χ4v) is 3.47. The van der Waals surface area contributed by atoms with Gasteiger partial charge in [-0.25, -0.2) is 0 Å². The first-order valence-electron chi connectivity index (χ1n) is 7.90. The van der Waals surface area contributed by atoms with Crippen molar-refractivity contribution in [3.05, 3.63) is 0 Å². The van der Waals surface area contributed by atoms with E-state index in [1.807, 2.05) is 9.80 Å². The molecule has 1 amide bonds. The van der Waals surface area contributed by atoms with Crippen LogP contribution in [-0.4, -0.2) is 72.6 Å². The topological polar surface area (TPSA) is 72.9 Å². The Hall–Kier alpha value is -1.14. The van der Waals surface area contributed by atoms with Gasteiger partial charge in [-0.2, -0.15) is 0 Å². The van der Waals surface area contributed by atoms with Crippen molar-refractivity contribution in [2.75, 3.05) is 45.8 Å². The Kier molecular flexibility index (Phi) is 5.22. The molecular weight excluding hydrogens is 270 g/mol. The summed E-state index contributed by atoms with van der Waals surface area (Å²) in [5.74, 6) is -0.230. The Labute approximate surface area is 126 Å².